The molecule has 1 heterocycles. The van der Waals surface area contributed by atoms with Gasteiger partial charge in [-0.05, 0) is 42.3 Å². The van der Waals surface area contributed by atoms with Crippen molar-refractivity contribution >= 4 is 6.09 Å². The second-order valence-electron chi connectivity index (χ2n) is 6.67. The van der Waals surface area contributed by atoms with Gasteiger partial charge in [0.15, 0.2) is 0 Å². The number of rotatable bonds is 8. The number of amides is 1. The SMILES string of the molecule is CCCNC(=O)OC[C@H]1O[C@H](c2ccccc2)C=C[C@@H]1Oc1ccc(OC)cc1. The summed E-state index contributed by atoms with van der Waals surface area (Å²) in [6, 6.07) is 17.2. The molecule has 1 aliphatic rings. The van der Waals surface area contributed by atoms with Gasteiger partial charge in [0.05, 0.1) is 7.11 Å². The first-order valence-electron chi connectivity index (χ1n) is 9.79. The maximum absolute atomic E-state index is 11.9. The highest BCUT2D eigenvalue weighted by Crippen LogP contribution is 2.29. The Hall–Kier alpha value is -2.99. The van der Waals surface area contributed by atoms with Gasteiger partial charge in [-0.2, -0.15) is 0 Å². The Morgan fingerprint density at radius 2 is 1.76 bits per heavy atom. The molecule has 6 nitrogen and oxygen atoms in total. The largest absolute Gasteiger partial charge is 0.497 e. The van der Waals surface area contributed by atoms with Crippen molar-refractivity contribution in [2.75, 3.05) is 20.3 Å². The van der Waals surface area contributed by atoms with Crippen LogP contribution in [-0.2, 0) is 9.47 Å². The van der Waals surface area contributed by atoms with E-state index in [1.807, 2.05) is 73.7 Å². The van der Waals surface area contributed by atoms with Gasteiger partial charge < -0.3 is 24.3 Å². The lowest BCUT2D eigenvalue weighted by Crippen LogP contribution is -2.41. The molecule has 0 saturated heterocycles. The standard InChI is InChI=1S/C23H27NO5/c1-3-15-24-23(25)27-16-22-21(28-19-11-9-18(26-2)10-12-19)14-13-20(29-22)17-7-5-4-6-8-17/h4-14,20-22H,3,15-16H2,1-2H3,(H,24,25)/t20-,21-,22+/m0/s1. The molecule has 0 radical (unpaired) electrons. The molecule has 0 saturated carbocycles. The van der Waals surface area contributed by atoms with Crippen LogP contribution < -0.4 is 14.8 Å². The van der Waals surface area contributed by atoms with Gasteiger partial charge in [-0.3, -0.25) is 0 Å². The molecule has 1 amide bonds. The fourth-order valence-corrected chi connectivity index (χ4v) is 2.97. The molecule has 0 spiro atoms. The topological polar surface area (TPSA) is 66.0 Å². The number of hydrogen-bond acceptors (Lipinski definition) is 5. The molecule has 3 rings (SSSR count). The molecular formula is C23H27NO5. The van der Waals surface area contributed by atoms with E-state index in [1.54, 1.807) is 7.11 Å². The first kappa shape index (κ1) is 20.7. The van der Waals surface area contributed by atoms with Crippen LogP contribution in [-0.4, -0.2) is 38.6 Å². The molecule has 1 aliphatic heterocycles. The molecule has 0 aromatic heterocycles. The number of nitrogens with one attached hydrogen (secondary N) is 1. The first-order chi connectivity index (χ1) is 14.2. The van der Waals surface area contributed by atoms with Crippen LogP contribution in [0, 0.1) is 0 Å². The fraction of sp³-hybridized carbons (Fsp3) is 0.348. The van der Waals surface area contributed by atoms with E-state index in [0.717, 1.165) is 17.7 Å². The highest BCUT2D eigenvalue weighted by molar-refractivity contribution is 5.67. The Morgan fingerprint density at radius 3 is 2.45 bits per heavy atom. The first-order valence-corrected chi connectivity index (χ1v) is 9.79. The summed E-state index contributed by atoms with van der Waals surface area (Å²) in [5.74, 6) is 1.44. The van der Waals surface area contributed by atoms with Crippen LogP contribution in [0.4, 0.5) is 4.79 Å². The molecule has 0 unspecified atom stereocenters. The highest BCUT2D eigenvalue weighted by Gasteiger charge is 2.31. The van der Waals surface area contributed by atoms with Crippen molar-refractivity contribution in [1.82, 2.24) is 5.32 Å². The lowest BCUT2D eigenvalue weighted by atomic mass is 10.0. The zero-order valence-corrected chi connectivity index (χ0v) is 16.7. The molecule has 29 heavy (non-hydrogen) atoms. The third-order valence-corrected chi connectivity index (χ3v) is 4.52. The van der Waals surface area contributed by atoms with Crippen molar-refractivity contribution in [3.63, 3.8) is 0 Å². The van der Waals surface area contributed by atoms with Crippen molar-refractivity contribution in [1.29, 1.82) is 0 Å². The third kappa shape index (κ3) is 5.99. The second-order valence-corrected chi connectivity index (χ2v) is 6.67. The number of benzene rings is 2. The van der Waals surface area contributed by atoms with Gasteiger partial charge in [-0.25, -0.2) is 4.79 Å². The van der Waals surface area contributed by atoms with Crippen molar-refractivity contribution in [2.24, 2.45) is 0 Å². The summed E-state index contributed by atoms with van der Waals surface area (Å²) < 4.78 is 22.8. The molecular weight excluding hydrogens is 370 g/mol. The van der Waals surface area contributed by atoms with E-state index < -0.39 is 12.2 Å². The maximum Gasteiger partial charge on any atom is 0.407 e. The summed E-state index contributed by atoms with van der Waals surface area (Å²) in [6.45, 7) is 2.64. The summed E-state index contributed by atoms with van der Waals surface area (Å²) >= 11 is 0. The fourth-order valence-electron chi connectivity index (χ4n) is 2.97. The van der Waals surface area contributed by atoms with Gasteiger partial charge in [-0.15, -0.1) is 0 Å². The van der Waals surface area contributed by atoms with E-state index in [1.165, 1.54) is 0 Å². The average molecular weight is 397 g/mol. The summed E-state index contributed by atoms with van der Waals surface area (Å²) in [5.41, 5.74) is 1.03. The van der Waals surface area contributed by atoms with Crippen LogP contribution in [0.1, 0.15) is 25.0 Å². The molecule has 3 atom stereocenters. The van der Waals surface area contributed by atoms with E-state index in [0.29, 0.717) is 12.3 Å². The van der Waals surface area contributed by atoms with E-state index in [4.69, 9.17) is 18.9 Å². The number of alkyl carbamates (subject to hydrolysis) is 1. The van der Waals surface area contributed by atoms with Crippen LogP contribution in [0.3, 0.4) is 0 Å². The molecule has 0 bridgehead atoms. The molecule has 2 aromatic carbocycles. The van der Waals surface area contributed by atoms with Gasteiger partial charge in [0.1, 0.15) is 36.4 Å². The maximum atomic E-state index is 11.9. The molecule has 6 heteroatoms. The van der Waals surface area contributed by atoms with Crippen LogP contribution in [0.25, 0.3) is 0 Å². The lowest BCUT2D eigenvalue weighted by molar-refractivity contribution is -0.0752. The van der Waals surface area contributed by atoms with Gasteiger partial charge in [0.2, 0.25) is 0 Å². The number of hydrogen-bond donors (Lipinski definition) is 1. The van der Waals surface area contributed by atoms with Crippen molar-refractivity contribution in [3.05, 3.63) is 72.3 Å². The average Bonchev–Trinajstić information content (AvgIpc) is 2.78. The Morgan fingerprint density at radius 1 is 1.03 bits per heavy atom. The molecule has 1 N–H and O–H groups in total. The van der Waals surface area contributed by atoms with Gasteiger partial charge in [0, 0.05) is 6.54 Å². The molecule has 0 fully saturated rings. The van der Waals surface area contributed by atoms with E-state index >= 15 is 0 Å². The third-order valence-electron chi connectivity index (χ3n) is 4.52. The zero-order chi connectivity index (χ0) is 20.5. The van der Waals surface area contributed by atoms with Crippen LogP contribution in [0.15, 0.2) is 66.7 Å². The minimum Gasteiger partial charge on any atom is -0.497 e. The summed E-state index contributed by atoms with van der Waals surface area (Å²) in [6.07, 6.45) is 3.27. The predicted octanol–water partition coefficient (Wildman–Crippen LogP) is 4.28. The Balaban J connectivity index is 1.70. The zero-order valence-electron chi connectivity index (χ0n) is 16.7. The lowest BCUT2D eigenvalue weighted by Gasteiger charge is -2.32. The monoisotopic (exact) mass is 397 g/mol. The Kier molecular flexibility index (Phi) is 7.53. The number of carbonyl (C=O) groups excluding carboxylic acids is 1. The smallest absolute Gasteiger partial charge is 0.407 e. The van der Waals surface area contributed by atoms with Crippen LogP contribution in [0.5, 0.6) is 11.5 Å². The van der Waals surface area contributed by atoms with Crippen molar-refractivity contribution < 1.29 is 23.7 Å². The van der Waals surface area contributed by atoms with Crippen molar-refractivity contribution in [2.45, 2.75) is 31.7 Å². The molecule has 2 aromatic rings. The minimum absolute atomic E-state index is 0.0873. The quantitative estimate of drug-likeness (QED) is 0.674. The summed E-state index contributed by atoms with van der Waals surface area (Å²) in [7, 11) is 1.62. The summed E-state index contributed by atoms with van der Waals surface area (Å²) in [4.78, 5) is 11.9. The second kappa shape index (κ2) is 10.5. The Bertz CT molecular complexity index is 791. The van der Waals surface area contributed by atoms with E-state index in [2.05, 4.69) is 5.32 Å². The van der Waals surface area contributed by atoms with E-state index in [-0.39, 0.29) is 18.8 Å². The predicted molar refractivity (Wildman–Crippen MR) is 110 cm³/mol. The molecule has 154 valence electrons. The number of carbonyl (C=O) groups is 1. The van der Waals surface area contributed by atoms with Gasteiger partial charge >= 0.3 is 6.09 Å². The minimum atomic E-state index is -0.454. The van der Waals surface area contributed by atoms with Gasteiger partial charge in [-0.1, -0.05) is 43.3 Å². The van der Waals surface area contributed by atoms with Crippen molar-refractivity contribution in [3.8, 4) is 11.5 Å². The summed E-state index contributed by atoms with van der Waals surface area (Å²) in [5, 5.41) is 2.70. The number of ether oxygens (including phenoxy) is 4. The van der Waals surface area contributed by atoms with E-state index in [9.17, 15) is 4.79 Å². The normalized spacial score (nSPS) is 20.7. The van der Waals surface area contributed by atoms with Gasteiger partial charge in [0.25, 0.3) is 0 Å². The van der Waals surface area contributed by atoms with Crippen LogP contribution in [0.2, 0.25) is 0 Å². The highest BCUT2D eigenvalue weighted by atomic mass is 16.6. The number of methoxy groups -OCH3 is 1. The Labute approximate surface area is 171 Å². The van der Waals surface area contributed by atoms with Crippen LogP contribution >= 0.6 is 0 Å². The molecule has 0 aliphatic carbocycles.